The fourth-order valence-electron chi connectivity index (χ4n) is 2.70. The molecule has 0 fully saturated rings. The Kier molecular flexibility index (Phi) is 6.26. The largest absolute Gasteiger partial charge is 0.459 e. The lowest BCUT2D eigenvalue weighted by Crippen LogP contribution is -2.47. The van der Waals surface area contributed by atoms with Gasteiger partial charge in [0.1, 0.15) is 6.04 Å². The summed E-state index contributed by atoms with van der Waals surface area (Å²) in [5.74, 6) is -0.580. The van der Waals surface area contributed by atoms with Gasteiger partial charge in [0, 0.05) is 17.8 Å². The Morgan fingerprint density at radius 3 is 2.10 bits per heavy atom. The maximum atomic E-state index is 12.6. The van der Waals surface area contributed by atoms with Crippen LogP contribution in [0.4, 0.5) is 16.2 Å². The normalized spacial score (nSPS) is 11.3. The summed E-state index contributed by atoms with van der Waals surface area (Å²) in [4.78, 5) is 35.9. The zero-order chi connectivity index (χ0) is 20.6. The van der Waals surface area contributed by atoms with Crippen molar-refractivity contribution in [1.82, 2.24) is 5.32 Å². The van der Waals surface area contributed by atoms with Crippen LogP contribution in [0.15, 0.2) is 77.4 Å². The molecule has 2 aromatic carbocycles. The zero-order valence-electron chi connectivity index (χ0n) is 15.4. The van der Waals surface area contributed by atoms with E-state index in [0.29, 0.717) is 17.8 Å². The summed E-state index contributed by atoms with van der Waals surface area (Å²) in [5.41, 5.74) is 7.14. The first-order chi connectivity index (χ1) is 14.0. The molecular weight excluding hydrogens is 372 g/mol. The standard InChI is InChI=1S/C21H20N4O4/c22-21(28)25-17(13-14-5-2-1-3-6-14)19(26)23-15-8-10-16(11-9-15)24-20(27)18-7-4-12-29-18/h1-12,17H,13H2,(H,23,26)(H,24,27)(H3,22,25,28). The highest BCUT2D eigenvalue weighted by molar-refractivity contribution is 6.02. The van der Waals surface area contributed by atoms with Crippen molar-refractivity contribution in [3.05, 3.63) is 84.3 Å². The van der Waals surface area contributed by atoms with Crippen molar-refractivity contribution in [3.8, 4) is 0 Å². The van der Waals surface area contributed by atoms with Crippen molar-refractivity contribution in [2.24, 2.45) is 5.73 Å². The van der Waals surface area contributed by atoms with Crippen molar-refractivity contribution >= 4 is 29.2 Å². The molecule has 5 N–H and O–H groups in total. The van der Waals surface area contributed by atoms with E-state index in [1.165, 1.54) is 6.26 Å². The zero-order valence-corrected chi connectivity index (χ0v) is 15.4. The van der Waals surface area contributed by atoms with Crippen LogP contribution >= 0.6 is 0 Å². The first-order valence-corrected chi connectivity index (χ1v) is 8.87. The van der Waals surface area contributed by atoms with Crippen molar-refractivity contribution in [2.45, 2.75) is 12.5 Å². The summed E-state index contributed by atoms with van der Waals surface area (Å²) in [7, 11) is 0. The third kappa shape index (κ3) is 5.70. The number of anilines is 2. The Morgan fingerprint density at radius 1 is 0.862 bits per heavy atom. The van der Waals surface area contributed by atoms with E-state index in [0.717, 1.165) is 5.56 Å². The van der Waals surface area contributed by atoms with Crippen LogP contribution < -0.4 is 21.7 Å². The van der Waals surface area contributed by atoms with Gasteiger partial charge in [-0.15, -0.1) is 0 Å². The number of hydrogen-bond acceptors (Lipinski definition) is 4. The van der Waals surface area contributed by atoms with Crippen LogP contribution in [0, 0.1) is 0 Å². The number of primary amides is 1. The topological polar surface area (TPSA) is 126 Å². The molecule has 3 rings (SSSR count). The molecule has 29 heavy (non-hydrogen) atoms. The monoisotopic (exact) mass is 392 g/mol. The fourth-order valence-corrected chi connectivity index (χ4v) is 2.70. The fraction of sp³-hybridized carbons (Fsp3) is 0.0952. The smallest absolute Gasteiger partial charge is 0.312 e. The van der Waals surface area contributed by atoms with Gasteiger partial charge >= 0.3 is 6.03 Å². The van der Waals surface area contributed by atoms with Gasteiger partial charge in [-0.05, 0) is 42.0 Å². The average Bonchev–Trinajstić information content (AvgIpc) is 3.24. The molecule has 1 unspecified atom stereocenters. The summed E-state index contributed by atoms with van der Waals surface area (Å²) in [6.45, 7) is 0. The second kappa shape index (κ2) is 9.23. The van der Waals surface area contributed by atoms with Crippen LogP contribution in [0.2, 0.25) is 0 Å². The van der Waals surface area contributed by atoms with Crippen molar-refractivity contribution < 1.29 is 18.8 Å². The number of hydrogen-bond donors (Lipinski definition) is 4. The molecule has 0 saturated heterocycles. The Labute approximate surface area is 167 Å². The molecule has 0 aliphatic rings. The number of nitrogens with one attached hydrogen (secondary N) is 3. The molecule has 1 atom stereocenters. The highest BCUT2D eigenvalue weighted by atomic mass is 16.3. The molecule has 0 spiro atoms. The summed E-state index contributed by atoms with van der Waals surface area (Å²) in [6.07, 6.45) is 1.71. The van der Waals surface area contributed by atoms with Crippen LogP contribution in [-0.4, -0.2) is 23.9 Å². The van der Waals surface area contributed by atoms with E-state index in [1.807, 2.05) is 30.3 Å². The maximum absolute atomic E-state index is 12.6. The molecular formula is C21H20N4O4. The molecule has 0 radical (unpaired) electrons. The van der Waals surface area contributed by atoms with E-state index in [2.05, 4.69) is 16.0 Å². The van der Waals surface area contributed by atoms with Gasteiger partial charge in [-0.1, -0.05) is 30.3 Å². The molecule has 1 aromatic heterocycles. The lowest BCUT2D eigenvalue weighted by atomic mass is 10.1. The van der Waals surface area contributed by atoms with Gasteiger partial charge in [-0.25, -0.2) is 4.79 Å². The van der Waals surface area contributed by atoms with Gasteiger partial charge in [0.2, 0.25) is 5.91 Å². The molecule has 0 aliphatic carbocycles. The minimum absolute atomic E-state index is 0.198. The van der Waals surface area contributed by atoms with Gasteiger partial charge < -0.3 is 26.1 Å². The number of carbonyl (C=O) groups excluding carboxylic acids is 3. The predicted molar refractivity (Wildman–Crippen MR) is 108 cm³/mol. The van der Waals surface area contributed by atoms with Crippen molar-refractivity contribution in [1.29, 1.82) is 0 Å². The third-order valence-corrected chi connectivity index (χ3v) is 4.07. The van der Waals surface area contributed by atoms with E-state index in [-0.39, 0.29) is 11.7 Å². The highest BCUT2D eigenvalue weighted by Gasteiger charge is 2.20. The lowest BCUT2D eigenvalue weighted by molar-refractivity contribution is -0.117. The van der Waals surface area contributed by atoms with E-state index in [9.17, 15) is 14.4 Å². The van der Waals surface area contributed by atoms with E-state index in [1.54, 1.807) is 36.4 Å². The maximum Gasteiger partial charge on any atom is 0.312 e. The molecule has 8 heteroatoms. The second-order valence-electron chi connectivity index (χ2n) is 6.25. The number of furan rings is 1. The summed E-state index contributed by atoms with van der Waals surface area (Å²) >= 11 is 0. The van der Waals surface area contributed by atoms with Crippen molar-refractivity contribution in [2.75, 3.05) is 10.6 Å². The Hall–Kier alpha value is -4.07. The summed E-state index contributed by atoms with van der Waals surface area (Å²) in [5, 5.41) is 7.88. The summed E-state index contributed by atoms with van der Waals surface area (Å²) in [6, 6.07) is 17.4. The molecule has 148 valence electrons. The molecule has 0 bridgehead atoms. The molecule has 0 saturated carbocycles. The van der Waals surface area contributed by atoms with E-state index >= 15 is 0 Å². The van der Waals surface area contributed by atoms with Gasteiger partial charge in [0.25, 0.3) is 5.91 Å². The van der Waals surface area contributed by atoms with Gasteiger partial charge in [-0.2, -0.15) is 0 Å². The average molecular weight is 392 g/mol. The van der Waals surface area contributed by atoms with Gasteiger partial charge in [0.05, 0.1) is 6.26 Å². The Balaban J connectivity index is 1.63. The molecule has 0 aliphatic heterocycles. The van der Waals surface area contributed by atoms with Gasteiger partial charge in [0.15, 0.2) is 5.76 Å². The summed E-state index contributed by atoms with van der Waals surface area (Å²) < 4.78 is 5.04. The first-order valence-electron chi connectivity index (χ1n) is 8.87. The van der Waals surface area contributed by atoms with E-state index in [4.69, 9.17) is 10.2 Å². The van der Waals surface area contributed by atoms with Crippen LogP contribution in [0.25, 0.3) is 0 Å². The van der Waals surface area contributed by atoms with Crippen molar-refractivity contribution in [3.63, 3.8) is 0 Å². The quantitative estimate of drug-likeness (QED) is 0.493. The highest BCUT2D eigenvalue weighted by Crippen LogP contribution is 2.16. The molecule has 3 aromatic rings. The number of carbonyl (C=O) groups is 3. The number of rotatable bonds is 7. The van der Waals surface area contributed by atoms with Crippen LogP contribution in [0.5, 0.6) is 0 Å². The predicted octanol–water partition coefficient (Wildman–Crippen LogP) is 2.75. The van der Waals surface area contributed by atoms with Crippen LogP contribution in [0.3, 0.4) is 0 Å². The van der Waals surface area contributed by atoms with E-state index < -0.39 is 18.0 Å². The van der Waals surface area contributed by atoms with Gasteiger partial charge in [-0.3, -0.25) is 9.59 Å². The molecule has 8 nitrogen and oxygen atoms in total. The number of urea groups is 1. The SMILES string of the molecule is NC(=O)NC(Cc1ccccc1)C(=O)Nc1ccc(NC(=O)c2ccco2)cc1. The number of nitrogens with two attached hydrogens (primary N) is 1. The minimum Gasteiger partial charge on any atom is -0.459 e. The first kappa shape index (κ1) is 19.7. The number of benzene rings is 2. The second-order valence-corrected chi connectivity index (χ2v) is 6.25. The third-order valence-electron chi connectivity index (χ3n) is 4.07. The molecule has 4 amide bonds. The van der Waals surface area contributed by atoms with Crippen LogP contribution in [-0.2, 0) is 11.2 Å². The molecule has 1 heterocycles. The Bertz CT molecular complexity index is 970. The Morgan fingerprint density at radius 2 is 1.52 bits per heavy atom. The minimum atomic E-state index is -0.826. The lowest BCUT2D eigenvalue weighted by Gasteiger charge is -2.17. The van der Waals surface area contributed by atoms with Crippen LogP contribution in [0.1, 0.15) is 16.1 Å². The number of amides is 4.